The third-order valence-corrected chi connectivity index (χ3v) is 7.45. The third-order valence-electron chi connectivity index (χ3n) is 7.45. The Bertz CT molecular complexity index is 1930. The maximum absolute atomic E-state index is 6.38. The quantitative estimate of drug-likeness (QED) is 0.233. The molecule has 0 aliphatic rings. The fourth-order valence-corrected chi connectivity index (χ4v) is 5.58. The van der Waals surface area contributed by atoms with Crippen LogP contribution in [0.1, 0.15) is 5.56 Å². The van der Waals surface area contributed by atoms with Gasteiger partial charge in [-0.1, -0.05) is 115 Å². The number of nitrogens with zero attached hydrogens (tertiary/aromatic N) is 1. The molecule has 0 radical (unpaired) electrons. The highest BCUT2D eigenvalue weighted by Crippen LogP contribution is 2.44. The van der Waals surface area contributed by atoms with Crippen molar-refractivity contribution in [3.8, 4) is 22.5 Å². The van der Waals surface area contributed by atoms with E-state index in [-0.39, 0.29) is 0 Å². The molecule has 186 valence electrons. The van der Waals surface area contributed by atoms with Crippen molar-refractivity contribution in [3.63, 3.8) is 0 Å². The first-order valence-corrected chi connectivity index (χ1v) is 13.3. The van der Waals surface area contributed by atoms with Gasteiger partial charge in [0, 0.05) is 33.2 Å². The first-order valence-electron chi connectivity index (χ1n) is 13.3. The van der Waals surface area contributed by atoms with E-state index in [2.05, 4.69) is 145 Å². The molecule has 0 N–H and O–H groups in total. The molecule has 0 aliphatic heterocycles. The third kappa shape index (κ3) is 4.07. The van der Waals surface area contributed by atoms with Gasteiger partial charge in [-0.25, -0.2) is 0 Å². The van der Waals surface area contributed by atoms with Gasteiger partial charge in [0.05, 0.1) is 11.4 Å². The van der Waals surface area contributed by atoms with Gasteiger partial charge in [-0.15, -0.1) is 0 Å². The van der Waals surface area contributed by atoms with Crippen LogP contribution in [0.3, 0.4) is 0 Å². The van der Waals surface area contributed by atoms with E-state index in [4.69, 9.17) is 4.42 Å². The average molecular weight is 502 g/mol. The van der Waals surface area contributed by atoms with E-state index >= 15 is 0 Å². The Morgan fingerprint density at radius 2 is 1.15 bits per heavy atom. The van der Waals surface area contributed by atoms with Crippen molar-refractivity contribution in [1.29, 1.82) is 0 Å². The van der Waals surface area contributed by atoms with Crippen molar-refractivity contribution in [3.05, 3.63) is 151 Å². The van der Waals surface area contributed by atoms with E-state index in [0.29, 0.717) is 0 Å². The predicted octanol–water partition coefficient (Wildman–Crippen LogP) is 10.7. The number of aryl methyl sites for hydroxylation is 1. The lowest BCUT2D eigenvalue weighted by Gasteiger charge is -2.29. The highest BCUT2D eigenvalue weighted by atomic mass is 16.3. The highest BCUT2D eigenvalue weighted by Gasteiger charge is 2.20. The zero-order chi connectivity index (χ0) is 26.2. The number of fused-ring (bicyclic) bond motifs is 2. The van der Waals surface area contributed by atoms with Crippen LogP contribution in [-0.4, -0.2) is 0 Å². The van der Waals surface area contributed by atoms with E-state index in [1.165, 1.54) is 21.9 Å². The van der Waals surface area contributed by atoms with Gasteiger partial charge >= 0.3 is 0 Å². The minimum atomic E-state index is 0.910. The van der Waals surface area contributed by atoms with Crippen LogP contribution in [0.2, 0.25) is 0 Å². The summed E-state index contributed by atoms with van der Waals surface area (Å²) in [5.41, 5.74) is 8.82. The van der Waals surface area contributed by atoms with Crippen molar-refractivity contribution >= 4 is 38.8 Å². The van der Waals surface area contributed by atoms with Crippen LogP contribution in [0.5, 0.6) is 0 Å². The standard InChI is InChI=1S/C37H27NO/c1-26-31-19-8-10-24-36(31)39-37(26)29-17-11-18-30(25-29)38(35-23-12-16-28-15-5-6-20-33(28)35)34-22-9-7-21-32(34)27-13-3-2-4-14-27/h2-25H,1H3. The monoisotopic (exact) mass is 501 g/mol. The average Bonchev–Trinajstić information content (AvgIpc) is 3.35. The summed E-state index contributed by atoms with van der Waals surface area (Å²) in [5, 5.41) is 3.56. The summed E-state index contributed by atoms with van der Waals surface area (Å²) < 4.78 is 6.38. The van der Waals surface area contributed by atoms with Crippen LogP contribution in [-0.2, 0) is 0 Å². The Hall–Kier alpha value is -5.08. The summed E-state index contributed by atoms with van der Waals surface area (Å²) in [4.78, 5) is 2.38. The number of benzene rings is 6. The van der Waals surface area contributed by atoms with Gasteiger partial charge < -0.3 is 9.32 Å². The van der Waals surface area contributed by atoms with Crippen molar-refractivity contribution in [2.24, 2.45) is 0 Å². The molecule has 1 heterocycles. The molecule has 0 amide bonds. The van der Waals surface area contributed by atoms with Crippen LogP contribution in [0.15, 0.2) is 150 Å². The lowest BCUT2D eigenvalue weighted by Crippen LogP contribution is -2.11. The zero-order valence-electron chi connectivity index (χ0n) is 21.7. The van der Waals surface area contributed by atoms with E-state index < -0.39 is 0 Å². The number of para-hydroxylation sites is 2. The molecule has 1 aromatic heterocycles. The first-order chi connectivity index (χ1) is 19.3. The number of hydrogen-bond acceptors (Lipinski definition) is 2. The van der Waals surface area contributed by atoms with E-state index in [0.717, 1.165) is 44.9 Å². The van der Waals surface area contributed by atoms with Gasteiger partial charge in [0.25, 0.3) is 0 Å². The van der Waals surface area contributed by atoms with Crippen LogP contribution in [0.25, 0.3) is 44.2 Å². The van der Waals surface area contributed by atoms with Crippen molar-refractivity contribution in [2.75, 3.05) is 4.90 Å². The number of hydrogen-bond donors (Lipinski definition) is 0. The summed E-state index contributed by atoms with van der Waals surface area (Å²) >= 11 is 0. The normalized spacial score (nSPS) is 11.2. The second-order valence-corrected chi connectivity index (χ2v) is 9.82. The van der Waals surface area contributed by atoms with Crippen LogP contribution >= 0.6 is 0 Å². The number of anilines is 3. The number of rotatable bonds is 5. The molecule has 39 heavy (non-hydrogen) atoms. The molecule has 2 nitrogen and oxygen atoms in total. The molecule has 0 spiro atoms. The van der Waals surface area contributed by atoms with E-state index in [1.807, 2.05) is 12.1 Å². The van der Waals surface area contributed by atoms with Gasteiger partial charge in [0.1, 0.15) is 11.3 Å². The fourth-order valence-electron chi connectivity index (χ4n) is 5.58. The lowest BCUT2D eigenvalue weighted by atomic mass is 10.00. The first kappa shape index (κ1) is 23.1. The maximum Gasteiger partial charge on any atom is 0.138 e. The molecular formula is C37H27NO. The summed E-state index contributed by atoms with van der Waals surface area (Å²) in [6, 6.07) is 51.3. The Morgan fingerprint density at radius 1 is 0.513 bits per heavy atom. The summed E-state index contributed by atoms with van der Waals surface area (Å²) in [5.74, 6) is 0.910. The largest absolute Gasteiger partial charge is 0.456 e. The van der Waals surface area contributed by atoms with E-state index in [9.17, 15) is 0 Å². The van der Waals surface area contributed by atoms with Crippen LogP contribution in [0.4, 0.5) is 17.1 Å². The molecule has 0 saturated carbocycles. The summed E-state index contributed by atoms with van der Waals surface area (Å²) in [6.45, 7) is 2.14. The highest BCUT2D eigenvalue weighted by molar-refractivity contribution is 6.01. The molecule has 0 saturated heterocycles. The molecule has 7 aromatic rings. The molecule has 0 bridgehead atoms. The van der Waals surface area contributed by atoms with Gasteiger partial charge in [-0.2, -0.15) is 0 Å². The molecular weight excluding hydrogens is 474 g/mol. The van der Waals surface area contributed by atoms with Crippen molar-refractivity contribution in [1.82, 2.24) is 0 Å². The Balaban J connectivity index is 1.48. The Morgan fingerprint density at radius 3 is 2.03 bits per heavy atom. The second kappa shape index (κ2) is 9.66. The van der Waals surface area contributed by atoms with Gasteiger partial charge in [0.2, 0.25) is 0 Å². The Kier molecular flexibility index (Phi) is 5.71. The maximum atomic E-state index is 6.38. The smallest absolute Gasteiger partial charge is 0.138 e. The minimum Gasteiger partial charge on any atom is -0.456 e. The minimum absolute atomic E-state index is 0.910. The lowest BCUT2D eigenvalue weighted by molar-refractivity contribution is 0.629. The van der Waals surface area contributed by atoms with E-state index in [1.54, 1.807) is 0 Å². The van der Waals surface area contributed by atoms with Crippen molar-refractivity contribution < 1.29 is 4.42 Å². The predicted molar refractivity (Wildman–Crippen MR) is 164 cm³/mol. The van der Waals surface area contributed by atoms with Gasteiger partial charge in [0.15, 0.2) is 0 Å². The molecule has 2 heteroatoms. The topological polar surface area (TPSA) is 16.4 Å². The Labute approximate surface area is 228 Å². The number of furan rings is 1. The fraction of sp³-hybridized carbons (Fsp3) is 0.0270. The molecule has 0 aliphatic carbocycles. The van der Waals surface area contributed by atoms with Crippen LogP contribution in [0, 0.1) is 6.92 Å². The summed E-state index contributed by atoms with van der Waals surface area (Å²) in [7, 11) is 0. The molecule has 0 atom stereocenters. The van der Waals surface area contributed by atoms with Crippen LogP contribution < -0.4 is 4.90 Å². The molecule has 0 unspecified atom stereocenters. The summed E-state index contributed by atoms with van der Waals surface area (Å²) in [6.07, 6.45) is 0. The zero-order valence-corrected chi connectivity index (χ0v) is 21.7. The van der Waals surface area contributed by atoms with Gasteiger partial charge in [-0.3, -0.25) is 0 Å². The second-order valence-electron chi connectivity index (χ2n) is 9.82. The molecule has 6 aromatic carbocycles. The van der Waals surface area contributed by atoms with Crippen molar-refractivity contribution in [2.45, 2.75) is 6.92 Å². The SMILES string of the molecule is Cc1c(-c2cccc(N(c3ccccc3-c3ccccc3)c3cccc4ccccc34)c2)oc2ccccc12. The molecule has 7 rings (SSSR count). The molecule has 0 fully saturated rings. The van der Waals surface area contributed by atoms with Gasteiger partial charge in [-0.05, 0) is 48.2 Å².